The molecule has 26 heavy (non-hydrogen) atoms. The van der Waals surface area contributed by atoms with Crippen molar-refractivity contribution in [2.75, 3.05) is 18.4 Å². The summed E-state index contributed by atoms with van der Waals surface area (Å²) in [7, 11) is 0. The van der Waals surface area contributed by atoms with Crippen LogP contribution in [0.4, 0.5) is 10.2 Å². The van der Waals surface area contributed by atoms with Crippen molar-refractivity contribution in [2.45, 2.75) is 18.4 Å². The predicted molar refractivity (Wildman–Crippen MR) is 97.2 cm³/mol. The summed E-state index contributed by atoms with van der Waals surface area (Å²) in [6.45, 7) is 1.76. The number of amides is 1. The van der Waals surface area contributed by atoms with Crippen LogP contribution in [0.5, 0.6) is 0 Å². The predicted octanol–water partition coefficient (Wildman–Crippen LogP) is 2.28. The van der Waals surface area contributed by atoms with Crippen LogP contribution in [-0.2, 0) is 11.2 Å². The molecule has 1 saturated heterocycles. The summed E-state index contributed by atoms with van der Waals surface area (Å²) in [4.78, 5) is 15.3. The maximum Gasteiger partial charge on any atom is 0.303 e. The Morgan fingerprint density at radius 3 is 2.73 bits per heavy atom. The van der Waals surface area contributed by atoms with Crippen LogP contribution in [0.2, 0.25) is 0 Å². The first kappa shape index (κ1) is 18.0. The summed E-state index contributed by atoms with van der Waals surface area (Å²) in [5, 5.41) is 15.3. The second-order valence-electron chi connectivity index (χ2n) is 6.40. The Hall–Kier alpha value is -2.77. The van der Waals surface area contributed by atoms with E-state index in [1.54, 1.807) is 12.1 Å². The molecule has 1 atom stereocenters. The first-order chi connectivity index (χ1) is 12.6. The van der Waals surface area contributed by atoms with Gasteiger partial charge in [0.1, 0.15) is 5.82 Å². The number of anilines is 1. The number of halogens is 1. The molecule has 7 heteroatoms. The minimum atomic E-state index is -1.19. The van der Waals surface area contributed by atoms with E-state index in [-0.39, 0.29) is 5.54 Å². The van der Waals surface area contributed by atoms with Gasteiger partial charge in [-0.05, 0) is 48.7 Å². The van der Waals surface area contributed by atoms with Crippen LogP contribution >= 0.6 is 0 Å². The van der Waals surface area contributed by atoms with Gasteiger partial charge >= 0.3 is 5.91 Å². The van der Waals surface area contributed by atoms with E-state index in [2.05, 4.69) is 27.8 Å². The molecule has 6 nitrogen and oxygen atoms in total. The zero-order valence-corrected chi connectivity index (χ0v) is 14.2. The summed E-state index contributed by atoms with van der Waals surface area (Å²) >= 11 is 0. The van der Waals surface area contributed by atoms with Crippen molar-refractivity contribution in [3.63, 3.8) is 0 Å². The highest BCUT2D eigenvalue weighted by atomic mass is 19.1. The summed E-state index contributed by atoms with van der Waals surface area (Å²) in [6, 6.07) is 13.7. The number of pyridine rings is 1. The zero-order chi connectivity index (χ0) is 18.4. The van der Waals surface area contributed by atoms with E-state index in [0.717, 1.165) is 32.0 Å². The van der Waals surface area contributed by atoms with Gasteiger partial charge in [-0.2, -0.15) is 0 Å². The van der Waals surface area contributed by atoms with E-state index < -0.39 is 11.7 Å². The third-order valence-corrected chi connectivity index (χ3v) is 4.42. The second-order valence-corrected chi connectivity index (χ2v) is 6.40. The highest BCUT2D eigenvalue weighted by molar-refractivity contribution is 5.94. The molecule has 0 radical (unpaired) electrons. The van der Waals surface area contributed by atoms with Gasteiger partial charge in [0.15, 0.2) is 5.83 Å². The molecule has 1 fully saturated rings. The standard InChI is InChI=1S/C19H21FN4O2/c20-16(18(25)24-26)10-15-6-7-17(22-12-15)23-19(8-9-21-13-19)11-14-4-2-1-3-5-14/h1-7,10,12,21,26H,8-9,11,13H2,(H,22,23)(H,24,25)/b16-10-/t19-/m0/s1. The number of hydrogen-bond donors (Lipinski definition) is 4. The van der Waals surface area contributed by atoms with Crippen molar-refractivity contribution in [1.82, 2.24) is 15.8 Å². The lowest BCUT2D eigenvalue weighted by Crippen LogP contribution is -2.43. The van der Waals surface area contributed by atoms with E-state index in [1.807, 2.05) is 18.2 Å². The number of nitrogens with one attached hydrogen (secondary N) is 3. The van der Waals surface area contributed by atoms with Crippen LogP contribution in [0.25, 0.3) is 6.08 Å². The Morgan fingerprint density at radius 1 is 1.31 bits per heavy atom. The third-order valence-electron chi connectivity index (χ3n) is 4.42. The van der Waals surface area contributed by atoms with Crippen molar-refractivity contribution in [1.29, 1.82) is 0 Å². The molecule has 4 N–H and O–H groups in total. The molecule has 0 saturated carbocycles. The molecular formula is C19H21FN4O2. The zero-order valence-electron chi connectivity index (χ0n) is 14.2. The maximum atomic E-state index is 13.5. The first-order valence-corrected chi connectivity index (χ1v) is 8.41. The molecule has 1 amide bonds. The lowest BCUT2D eigenvalue weighted by Gasteiger charge is -2.30. The highest BCUT2D eigenvalue weighted by Gasteiger charge is 2.34. The number of nitrogens with zero attached hydrogens (tertiary/aromatic N) is 1. The van der Waals surface area contributed by atoms with Crippen LogP contribution in [-0.4, -0.2) is 34.7 Å². The molecule has 1 aromatic carbocycles. The topological polar surface area (TPSA) is 86.3 Å². The van der Waals surface area contributed by atoms with E-state index in [0.29, 0.717) is 11.4 Å². The quantitative estimate of drug-likeness (QED) is 0.362. The van der Waals surface area contributed by atoms with Gasteiger partial charge in [0, 0.05) is 12.7 Å². The van der Waals surface area contributed by atoms with Crippen LogP contribution in [0.3, 0.4) is 0 Å². The lowest BCUT2D eigenvalue weighted by atomic mass is 9.90. The Kier molecular flexibility index (Phi) is 5.60. The molecule has 0 spiro atoms. The average Bonchev–Trinajstić information content (AvgIpc) is 3.11. The maximum absolute atomic E-state index is 13.5. The van der Waals surface area contributed by atoms with Crippen molar-refractivity contribution >= 4 is 17.8 Å². The number of carbonyl (C=O) groups is 1. The normalized spacial score (nSPS) is 20.0. The molecule has 136 valence electrons. The van der Waals surface area contributed by atoms with Gasteiger partial charge in [0.05, 0.1) is 5.54 Å². The van der Waals surface area contributed by atoms with E-state index in [1.165, 1.54) is 17.2 Å². The fourth-order valence-corrected chi connectivity index (χ4v) is 3.13. The van der Waals surface area contributed by atoms with Gasteiger partial charge in [-0.1, -0.05) is 30.3 Å². The minimum absolute atomic E-state index is 0.131. The van der Waals surface area contributed by atoms with Crippen LogP contribution in [0.15, 0.2) is 54.5 Å². The Morgan fingerprint density at radius 2 is 2.12 bits per heavy atom. The van der Waals surface area contributed by atoms with E-state index in [4.69, 9.17) is 5.21 Å². The smallest absolute Gasteiger partial charge is 0.303 e. The SMILES string of the molecule is O=C(NO)/C(F)=C/c1ccc(N[C@]2(Cc3ccccc3)CCNC2)nc1. The van der Waals surface area contributed by atoms with Crippen LogP contribution < -0.4 is 16.1 Å². The van der Waals surface area contributed by atoms with Crippen molar-refractivity contribution in [3.05, 3.63) is 65.6 Å². The van der Waals surface area contributed by atoms with Gasteiger partial charge in [0.25, 0.3) is 0 Å². The molecule has 0 bridgehead atoms. The van der Waals surface area contributed by atoms with Crippen LogP contribution in [0, 0.1) is 0 Å². The summed E-state index contributed by atoms with van der Waals surface area (Å²) in [5.74, 6) is -1.59. The molecular weight excluding hydrogens is 335 g/mol. The van der Waals surface area contributed by atoms with Gasteiger partial charge in [0.2, 0.25) is 0 Å². The van der Waals surface area contributed by atoms with Crippen molar-refractivity contribution < 1.29 is 14.4 Å². The average molecular weight is 356 g/mol. The second kappa shape index (κ2) is 8.07. The number of hydroxylamine groups is 1. The monoisotopic (exact) mass is 356 g/mol. The summed E-state index contributed by atoms with van der Waals surface area (Å²) in [6.07, 6.45) is 4.33. The molecule has 2 aromatic rings. The van der Waals surface area contributed by atoms with Crippen molar-refractivity contribution in [2.24, 2.45) is 0 Å². The van der Waals surface area contributed by atoms with Crippen LogP contribution in [0.1, 0.15) is 17.5 Å². The Balaban J connectivity index is 1.73. The number of aromatic nitrogens is 1. The molecule has 1 aliphatic heterocycles. The summed E-state index contributed by atoms with van der Waals surface area (Å²) < 4.78 is 13.5. The number of benzene rings is 1. The molecule has 0 unspecified atom stereocenters. The number of rotatable bonds is 6. The molecule has 2 heterocycles. The molecule has 1 aliphatic rings. The third kappa shape index (κ3) is 4.44. The van der Waals surface area contributed by atoms with Crippen molar-refractivity contribution in [3.8, 4) is 0 Å². The number of hydrogen-bond acceptors (Lipinski definition) is 5. The first-order valence-electron chi connectivity index (χ1n) is 8.41. The lowest BCUT2D eigenvalue weighted by molar-refractivity contribution is -0.126. The van der Waals surface area contributed by atoms with E-state index in [9.17, 15) is 9.18 Å². The Bertz CT molecular complexity index is 772. The largest absolute Gasteiger partial charge is 0.363 e. The molecule has 3 rings (SSSR count). The molecule has 0 aliphatic carbocycles. The van der Waals surface area contributed by atoms with Gasteiger partial charge < -0.3 is 10.6 Å². The highest BCUT2D eigenvalue weighted by Crippen LogP contribution is 2.25. The fraction of sp³-hybridized carbons (Fsp3) is 0.263. The summed E-state index contributed by atoms with van der Waals surface area (Å²) in [5.41, 5.74) is 2.80. The fourth-order valence-electron chi connectivity index (χ4n) is 3.13. The van der Waals surface area contributed by atoms with Gasteiger partial charge in [-0.3, -0.25) is 10.0 Å². The molecule has 1 aromatic heterocycles. The number of carbonyl (C=O) groups excluding carboxylic acids is 1. The minimum Gasteiger partial charge on any atom is -0.363 e. The van der Waals surface area contributed by atoms with Gasteiger partial charge in [-0.15, -0.1) is 0 Å². The Labute approximate surface area is 151 Å². The van der Waals surface area contributed by atoms with Gasteiger partial charge in [-0.25, -0.2) is 14.9 Å². The van der Waals surface area contributed by atoms with E-state index >= 15 is 0 Å².